The lowest BCUT2D eigenvalue weighted by molar-refractivity contribution is -0.156. The Morgan fingerprint density at radius 3 is 2.75 bits per heavy atom. The van der Waals surface area contributed by atoms with Gasteiger partial charge in [-0.25, -0.2) is 0 Å². The number of amides is 1. The number of aliphatic hydroxyl groups is 2. The number of thioether (sulfide) groups is 1. The van der Waals surface area contributed by atoms with Gasteiger partial charge in [-0.15, -0.1) is 11.8 Å². The van der Waals surface area contributed by atoms with Crippen molar-refractivity contribution in [1.82, 2.24) is 5.32 Å². The van der Waals surface area contributed by atoms with Crippen molar-refractivity contribution in [3.05, 3.63) is 23.8 Å². The molecule has 0 saturated heterocycles. The summed E-state index contributed by atoms with van der Waals surface area (Å²) in [5, 5.41) is 25.8. The molecule has 3 rings (SSSR count). The molecular formula is C25H38N2O4S. The first-order chi connectivity index (χ1) is 15.1. The van der Waals surface area contributed by atoms with E-state index >= 15 is 0 Å². The summed E-state index contributed by atoms with van der Waals surface area (Å²) >= 11 is 1.75. The Morgan fingerprint density at radius 2 is 2.06 bits per heavy atom. The van der Waals surface area contributed by atoms with Crippen LogP contribution >= 0.6 is 11.8 Å². The highest BCUT2D eigenvalue weighted by Crippen LogP contribution is 2.44. The maximum atomic E-state index is 13.0. The second-order valence-corrected chi connectivity index (χ2v) is 11.2. The zero-order valence-corrected chi connectivity index (χ0v) is 20.5. The number of hydrogen-bond donors (Lipinski definition) is 3. The van der Waals surface area contributed by atoms with Crippen LogP contribution in [0, 0.1) is 17.3 Å². The molecule has 1 fully saturated rings. The summed E-state index contributed by atoms with van der Waals surface area (Å²) in [5.74, 6) is -0.0675. The maximum absolute atomic E-state index is 13.0. The molecule has 178 valence electrons. The molecule has 0 aromatic rings. The summed E-state index contributed by atoms with van der Waals surface area (Å²) < 4.78 is 0. The van der Waals surface area contributed by atoms with Gasteiger partial charge in [-0.05, 0) is 51.9 Å². The number of Topliss-reactive ketones (excluding diaryl/α,β-unsaturated/α-hetero) is 1. The molecule has 0 spiro atoms. The van der Waals surface area contributed by atoms with E-state index in [0.717, 1.165) is 35.6 Å². The van der Waals surface area contributed by atoms with Gasteiger partial charge in [0.05, 0.1) is 41.2 Å². The number of nitrogens with one attached hydrogen (secondary N) is 1. The Morgan fingerprint density at radius 1 is 1.31 bits per heavy atom. The minimum Gasteiger partial charge on any atom is -0.392 e. The molecule has 2 bridgehead atoms. The number of hydrogen-bond acceptors (Lipinski definition) is 6. The maximum Gasteiger partial charge on any atom is 0.223 e. The Bertz CT molecular complexity index is 808. The Labute approximate surface area is 196 Å². The molecule has 3 aliphatic rings. The van der Waals surface area contributed by atoms with Crippen molar-refractivity contribution in [2.45, 2.75) is 90.5 Å². The van der Waals surface area contributed by atoms with Crippen LogP contribution in [0.5, 0.6) is 0 Å². The van der Waals surface area contributed by atoms with Crippen LogP contribution in [-0.4, -0.2) is 57.0 Å². The number of carbonyl (C=O) groups excluding carboxylic acids is 2. The molecule has 1 amide bonds. The Balaban J connectivity index is 1.80. The number of fused-ring (bicyclic) bond motifs is 2. The Hall–Kier alpha value is -1.44. The quantitative estimate of drug-likeness (QED) is 0.546. The van der Waals surface area contributed by atoms with E-state index in [0.29, 0.717) is 12.8 Å². The smallest absolute Gasteiger partial charge is 0.223 e. The van der Waals surface area contributed by atoms with Crippen LogP contribution < -0.4 is 5.32 Å². The predicted octanol–water partition coefficient (Wildman–Crippen LogP) is 3.42. The fourth-order valence-corrected chi connectivity index (χ4v) is 6.10. The highest BCUT2D eigenvalue weighted by molar-refractivity contribution is 8.14. The van der Waals surface area contributed by atoms with Crippen molar-refractivity contribution >= 4 is 28.5 Å². The molecule has 2 heterocycles. The SMILES string of the molecule is CC1=NC(/C=C(\C)[C@@H]2C/C=C\CCC[C@@H]3C[C@@](C)(C(=O)[C@H](C)[C@H]3O)[C@@H](O)CC(=O)N2)CS1. The van der Waals surface area contributed by atoms with Gasteiger partial charge in [-0.2, -0.15) is 0 Å². The van der Waals surface area contributed by atoms with Gasteiger partial charge in [0.2, 0.25) is 5.91 Å². The molecule has 1 unspecified atom stereocenters. The largest absolute Gasteiger partial charge is 0.392 e. The molecule has 0 aromatic carbocycles. The third-order valence-corrected chi connectivity index (χ3v) is 8.44. The zero-order chi connectivity index (χ0) is 23.5. The van der Waals surface area contributed by atoms with Crippen LogP contribution in [0.1, 0.15) is 66.2 Å². The van der Waals surface area contributed by atoms with Crippen LogP contribution in [0.4, 0.5) is 0 Å². The summed E-state index contributed by atoms with van der Waals surface area (Å²) in [7, 11) is 0. The molecule has 0 radical (unpaired) electrons. The summed E-state index contributed by atoms with van der Waals surface area (Å²) in [6.07, 6.45) is 8.18. The fraction of sp³-hybridized carbons (Fsp3) is 0.720. The number of carbonyl (C=O) groups is 2. The molecule has 0 aromatic heterocycles. The van der Waals surface area contributed by atoms with Gasteiger partial charge in [0.25, 0.3) is 0 Å². The molecule has 7 atom stereocenters. The molecule has 3 N–H and O–H groups in total. The number of allylic oxidation sites excluding steroid dienone is 1. The number of rotatable bonds is 2. The van der Waals surface area contributed by atoms with Gasteiger partial charge >= 0.3 is 0 Å². The monoisotopic (exact) mass is 462 g/mol. The van der Waals surface area contributed by atoms with Gasteiger partial charge < -0.3 is 15.5 Å². The summed E-state index contributed by atoms with van der Waals surface area (Å²) in [6.45, 7) is 7.53. The molecule has 1 saturated carbocycles. The van der Waals surface area contributed by atoms with Crippen LogP contribution in [0.3, 0.4) is 0 Å². The van der Waals surface area contributed by atoms with Gasteiger partial charge in [0.1, 0.15) is 5.78 Å². The van der Waals surface area contributed by atoms with E-state index < -0.39 is 23.5 Å². The van der Waals surface area contributed by atoms with Gasteiger partial charge in [-0.3, -0.25) is 14.6 Å². The van der Waals surface area contributed by atoms with E-state index in [4.69, 9.17) is 0 Å². The van der Waals surface area contributed by atoms with Crippen LogP contribution in [-0.2, 0) is 9.59 Å². The van der Waals surface area contributed by atoms with E-state index in [2.05, 4.69) is 28.5 Å². The third kappa shape index (κ3) is 5.72. The van der Waals surface area contributed by atoms with E-state index in [1.807, 2.05) is 13.8 Å². The second-order valence-electron chi connectivity index (χ2n) is 9.94. The van der Waals surface area contributed by atoms with E-state index in [9.17, 15) is 19.8 Å². The zero-order valence-electron chi connectivity index (χ0n) is 19.7. The van der Waals surface area contributed by atoms with E-state index in [1.165, 1.54) is 0 Å². The first-order valence-electron chi connectivity index (χ1n) is 11.8. The first-order valence-corrected chi connectivity index (χ1v) is 12.8. The lowest BCUT2D eigenvalue weighted by Gasteiger charge is -2.45. The van der Waals surface area contributed by atoms with Crippen LogP contribution in [0.2, 0.25) is 0 Å². The van der Waals surface area contributed by atoms with Crippen molar-refractivity contribution in [3.63, 3.8) is 0 Å². The molecule has 7 heteroatoms. The van der Waals surface area contributed by atoms with Gasteiger partial charge in [-0.1, -0.05) is 37.6 Å². The third-order valence-electron chi connectivity index (χ3n) is 7.41. The predicted molar refractivity (Wildman–Crippen MR) is 130 cm³/mol. The summed E-state index contributed by atoms with van der Waals surface area (Å²) in [5.41, 5.74) is 0.0410. The van der Waals surface area contributed by atoms with Crippen molar-refractivity contribution in [2.24, 2.45) is 22.2 Å². The Kier molecular flexibility index (Phi) is 8.39. The lowest BCUT2D eigenvalue weighted by atomic mass is 9.60. The molecule has 2 aliphatic heterocycles. The minimum atomic E-state index is -1.07. The van der Waals surface area contributed by atoms with Gasteiger partial charge in [0.15, 0.2) is 0 Å². The van der Waals surface area contributed by atoms with Crippen molar-refractivity contribution in [2.75, 3.05) is 5.75 Å². The first kappa shape index (κ1) is 25.2. The number of nitrogens with zero attached hydrogens (tertiary/aromatic N) is 1. The van der Waals surface area contributed by atoms with Crippen molar-refractivity contribution in [1.29, 1.82) is 0 Å². The highest BCUT2D eigenvalue weighted by Gasteiger charge is 2.51. The van der Waals surface area contributed by atoms with E-state index in [1.54, 1.807) is 25.6 Å². The topological polar surface area (TPSA) is 99.0 Å². The number of aliphatic hydroxyl groups excluding tert-OH is 2. The van der Waals surface area contributed by atoms with Crippen molar-refractivity contribution in [3.8, 4) is 0 Å². The lowest BCUT2D eigenvalue weighted by Crippen LogP contribution is -2.54. The molecule has 1 aliphatic carbocycles. The highest BCUT2D eigenvalue weighted by atomic mass is 32.2. The minimum absolute atomic E-state index is 0.0482. The average molecular weight is 463 g/mol. The normalized spacial score (nSPS) is 40.9. The standard InChI is InChI=1S/C25H38N2O4S/c1-15(11-19-14-32-17(3)26-19)20-10-8-6-5-7-9-18-13-25(4,21(28)12-22(29)27-20)24(31)16(2)23(18)30/h6,8,11,16,18-21,23,28,30H,5,7,9-10,12-14H2,1-4H3,(H,27,29)/b8-6-,15-11+/t16-,18-,19?,20+,21+,23-,25-/m1/s1. The van der Waals surface area contributed by atoms with Crippen LogP contribution in [0.25, 0.3) is 0 Å². The molecule has 6 nitrogen and oxygen atoms in total. The number of ketones is 1. The summed E-state index contributed by atoms with van der Waals surface area (Å²) in [6, 6.07) is -0.0402. The van der Waals surface area contributed by atoms with Crippen molar-refractivity contribution < 1.29 is 19.8 Å². The fourth-order valence-electron chi connectivity index (χ4n) is 5.30. The van der Waals surface area contributed by atoms with Crippen LogP contribution in [0.15, 0.2) is 28.8 Å². The molecular weight excluding hydrogens is 424 g/mol. The average Bonchev–Trinajstić information content (AvgIpc) is 3.15. The number of aliphatic imine (C=N–C) groups is 1. The molecule has 32 heavy (non-hydrogen) atoms. The van der Waals surface area contributed by atoms with Gasteiger partial charge in [0, 0.05) is 11.7 Å². The van der Waals surface area contributed by atoms with E-state index in [-0.39, 0.29) is 36.1 Å². The summed E-state index contributed by atoms with van der Waals surface area (Å²) in [4.78, 5) is 30.6. The second kappa shape index (κ2) is 10.7.